The predicted octanol–water partition coefficient (Wildman–Crippen LogP) is 2.97. The molecule has 1 fully saturated rings. The lowest BCUT2D eigenvalue weighted by Gasteiger charge is -2.23. The maximum absolute atomic E-state index is 7.79. The van der Waals surface area contributed by atoms with Crippen LogP contribution in [0.1, 0.15) is 47.0 Å². The van der Waals surface area contributed by atoms with Gasteiger partial charge in [0.25, 0.3) is 0 Å². The fourth-order valence-electron chi connectivity index (χ4n) is 2.14. The predicted molar refractivity (Wildman–Crippen MR) is 50.5 cm³/mol. The van der Waals surface area contributed by atoms with Crippen LogP contribution < -0.4 is 0 Å². The van der Waals surface area contributed by atoms with E-state index < -0.39 is 0 Å². The Morgan fingerprint density at radius 3 is 2.00 bits per heavy atom. The summed E-state index contributed by atoms with van der Waals surface area (Å²) in [7, 11) is 0. The maximum Gasteiger partial charge on any atom is 0.187 e. The van der Waals surface area contributed by atoms with Crippen molar-refractivity contribution in [2.45, 2.75) is 52.6 Å². The number of ether oxygens (including phenoxy) is 1. The van der Waals surface area contributed by atoms with Crippen LogP contribution in [-0.4, -0.2) is 11.5 Å². The topological polar surface area (TPSA) is 33.1 Å². The highest BCUT2D eigenvalue weighted by Gasteiger charge is 2.47. The second-order valence-electron chi connectivity index (χ2n) is 4.36. The summed E-state index contributed by atoms with van der Waals surface area (Å²) in [6.07, 6.45) is 3.03. The van der Waals surface area contributed by atoms with E-state index in [1.165, 1.54) is 0 Å². The molecule has 0 aromatic carbocycles. The minimum Gasteiger partial charge on any atom is -0.475 e. The summed E-state index contributed by atoms with van der Waals surface area (Å²) in [5, 5.41) is 7.79. The standard InChI is InChI=1S/C10H19NO/c1-5-10(6-2)7-9(3,4)12-8(10)11/h11H,5-7H2,1-4H3. The molecule has 2 heteroatoms. The first-order valence-corrected chi connectivity index (χ1v) is 4.74. The third-order valence-electron chi connectivity index (χ3n) is 2.98. The summed E-state index contributed by atoms with van der Waals surface area (Å²) < 4.78 is 5.53. The van der Waals surface area contributed by atoms with Crippen LogP contribution in [0.15, 0.2) is 0 Å². The Kier molecular flexibility index (Phi) is 2.19. The van der Waals surface area contributed by atoms with Gasteiger partial charge in [-0.15, -0.1) is 0 Å². The third kappa shape index (κ3) is 1.35. The fraction of sp³-hybridized carbons (Fsp3) is 0.900. The molecule has 0 spiro atoms. The Hall–Kier alpha value is -0.530. The van der Waals surface area contributed by atoms with Gasteiger partial charge in [0.05, 0.1) is 0 Å². The largest absolute Gasteiger partial charge is 0.475 e. The van der Waals surface area contributed by atoms with Crippen LogP contribution in [0.4, 0.5) is 0 Å². The summed E-state index contributed by atoms with van der Waals surface area (Å²) in [5.41, 5.74) is -0.0907. The molecule has 1 saturated heterocycles. The van der Waals surface area contributed by atoms with Gasteiger partial charge >= 0.3 is 0 Å². The Balaban J connectivity index is 2.86. The van der Waals surface area contributed by atoms with Crippen molar-refractivity contribution < 1.29 is 4.74 Å². The molecule has 0 saturated carbocycles. The Labute approximate surface area is 74.8 Å². The molecule has 1 heterocycles. The average Bonchev–Trinajstić information content (AvgIpc) is 2.21. The maximum atomic E-state index is 7.79. The molecule has 0 aromatic rings. The van der Waals surface area contributed by atoms with E-state index in [2.05, 4.69) is 27.7 Å². The Morgan fingerprint density at radius 1 is 1.33 bits per heavy atom. The molecular weight excluding hydrogens is 150 g/mol. The molecule has 1 N–H and O–H groups in total. The van der Waals surface area contributed by atoms with Crippen LogP contribution in [0.2, 0.25) is 0 Å². The first-order valence-electron chi connectivity index (χ1n) is 4.74. The van der Waals surface area contributed by atoms with E-state index in [1.54, 1.807) is 0 Å². The summed E-state index contributed by atoms with van der Waals surface area (Å²) in [6.45, 7) is 8.41. The van der Waals surface area contributed by atoms with E-state index in [0.29, 0.717) is 5.90 Å². The first-order chi connectivity index (χ1) is 5.46. The van der Waals surface area contributed by atoms with Crippen molar-refractivity contribution in [3.8, 4) is 0 Å². The van der Waals surface area contributed by atoms with Gasteiger partial charge in [-0.05, 0) is 26.7 Å². The van der Waals surface area contributed by atoms with Gasteiger partial charge in [-0.2, -0.15) is 0 Å². The molecule has 0 aromatic heterocycles. The zero-order chi connectivity index (χ0) is 9.41. The van der Waals surface area contributed by atoms with Gasteiger partial charge in [0.2, 0.25) is 0 Å². The second-order valence-corrected chi connectivity index (χ2v) is 4.36. The van der Waals surface area contributed by atoms with E-state index in [9.17, 15) is 0 Å². The van der Waals surface area contributed by atoms with Gasteiger partial charge in [0.15, 0.2) is 5.90 Å². The second kappa shape index (κ2) is 2.75. The Bertz CT molecular complexity index is 192. The molecule has 0 unspecified atom stereocenters. The van der Waals surface area contributed by atoms with Gasteiger partial charge in [-0.1, -0.05) is 13.8 Å². The minimum absolute atomic E-state index is 0.0312. The molecule has 1 aliphatic heterocycles. The number of hydrogen-bond acceptors (Lipinski definition) is 2. The van der Waals surface area contributed by atoms with Crippen molar-refractivity contribution >= 4 is 5.90 Å². The van der Waals surface area contributed by atoms with Gasteiger partial charge in [0.1, 0.15) is 5.60 Å². The molecule has 0 bridgehead atoms. The molecule has 0 aliphatic carbocycles. The normalized spacial score (nSPS) is 25.5. The van der Waals surface area contributed by atoms with Crippen molar-refractivity contribution in [1.29, 1.82) is 5.41 Å². The average molecular weight is 169 g/mol. The van der Waals surface area contributed by atoms with Gasteiger partial charge in [0, 0.05) is 11.8 Å². The molecule has 0 radical (unpaired) electrons. The fourth-order valence-corrected chi connectivity index (χ4v) is 2.14. The van der Waals surface area contributed by atoms with Crippen LogP contribution in [0.25, 0.3) is 0 Å². The molecule has 0 atom stereocenters. The molecule has 2 nitrogen and oxygen atoms in total. The van der Waals surface area contributed by atoms with Crippen molar-refractivity contribution in [2.24, 2.45) is 5.41 Å². The molecule has 1 aliphatic rings. The summed E-state index contributed by atoms with van der Waals surface area (Å²) in [5.74, 6) is 0.498. The van der Waals surface area contributed by atoms with Gasteiger partial charge in [-0.3, -0.25) is 5.41 Å². The highest BCUT2D eigenvalue weighted by Crippen LogP contribution is 2.45. The molecule has 70 valence electrons. The molecular formula is C10H19NO. The summed E-state index contributed by atoms with van der Waals surface area (Å²) in [4.78, 5) is 0. The summed E-state index contributed by atoms with van der Waals surface area (Å²) >= 11 is 0. The van der Waals surface area contributed by atoms with Crippen molar-refractivity contribution in [3.63, 3.8) is 0 Å². The zero-order valence-corrected chi connectivity index (χ0v) is 8.53. The van der Waals surface area contributed by atoms with Crippen molar-refractivity contribution in [3.05, 3.63) is 0 Å². The van der Waals surface area contributed by atoms with Gasteiger partial charge < -0.3 is 4.74 Å². The van der Waals surface area contributed by atoms with Crippen LogP contribution in [0, 0.1) is 10.8 Å². The highest BCUT2D eigenvalue weighted by atomic mass is 16.5. The lowest BCUT2D eigenvalue weighted by Crippen LogP contribution is -2.24. The minimum atomic E-state index is -0.122. The van der Waals surface area contributed by atoms with E-state index in [4.69, 9.17) is 10.1 Å². The molecule has 12 heavy (non-hydrogen) atoms. The van der Waals surface area contributed by atoms with Crippen LogP contribution >= 0.6 is 0 Å². The monoisotopic (exact) mass is 169 g/mol. The lowest BCUT2D eigenvalue weighted by molar-refractivity contribution is 0.117. The highest BCUT2D eigenvalue weighted by molar-refractivity contribution is 5.82. The SMILES string of the molecule is CCC1(CC)CC(C)(C)OC1=N. The zero-order valence-electron chi connectivity index (χ0n) is 8.53. The van der Waals surface area contributed by atoms with Crippen LogP contribution in [-0.2, 0) is 4.74 Å². The van der Waals surface area contributed by atoms with Crippen LogP contribution in [0.5, 0.6) is 0 Å². The lowest BCUT2D eigenvalue weighted by atomic mass is 9.77. The van der Waals surface area contributed by atoms with E-state index in [0.717, 1.165) is 19.3 Å². The van der Waals surface area contributed by atoms with Crippen LogP contribution in [0.3, 0.4) is 0 Å². The van der Waals surface area contributed by atoms with Crippen molar-refractivity contribution in [1.82, 2.24) is 0 Å². The molecule has 0 amide bonds. The molecule has 1 rings (SSSR count). The number of rotatable bonds is 2. The summed E-state index contributed by atoms with van der Waals surface area (Å²) in [6, 6.07) is 0. The number of nitrogens with one attached hydrogen (secondary N) is 1. The van der Waals surface area contributed by atoms with Gasteiger partial charge in [-0.25, -0.2) is 0 Å². The van der Waals surface area contributed by atoms with E-state index in [-0.39, 0.29) is 11.0 Å². The smallest absolute Gasteiger partial charge is 0.187 e. The van der Waals surface area contributed by atoms with Crippen molar-refractivity contribution in [2.75, 3.05) is 0 Å². The Morgan fingerprint density at radius 2 is 1.83 bits per heavy atom. The van der Waals surface area contributed by atoms with E-state index >= 15 is 0 Å². The first kappa shape index (κ1) is 9.56. The van der Waals surface area contributed by atoms with E-state index in [1.807, 2.05) is 0 Å². The number of hydrogen-bond donors (Lipinski definition) is 1. The quantitative estimate of drug-likeness (QED) is 0.677. The third-order valence-corrected chi connectivity index (χ3v) is 2.98.